The van der Waals surface area contributed by atoms with Crippen LogP contribution in [0.25, 0.3) is 0 Å². The van der Waals surface area contributed by atoms with Gasteiger partial charge >= 0.3 is 6.18 Å². The van der Waals surface area contributed by atoms with Crippen LogP contribution in [0.1, 0.15) is 61.6 Å². The second-order valence-electron chi connectivity index (χ2n) is 15.3. The number of carbonyl (C=O) groups is 3. The molecule has 66 heavy (non-hydrogen) atoms. The van der Waals surface area contributed by atoms with Crippen LogP contribution in [0.2, 0.25) is 0 Å². The average Bonchev–Trinajstić information content (AvgIpc) is 3.81. The molecule has 0 aliphatic heterocycles. The fourth-order valence-electron chi connectivity index (χ4n) is 7.08. The molecule has 5 aromatic rings. The Labute approximate surface area is 385 Å². The van der Waals surface area contributed by atoms with E-state index < -0.39 is 85.6 Å². The van der Waals surface area contributed by atoms with Crippen LogP contribution >= 0.6 is 11.3 Å². The molecule has 5 rings (SSSR count). The summed E-state index contributed by atoms with van der Waals surface area (Å²) in [6.07, 6.45) is -4.08. The summed E-state index contributed by atoms with van der Waals surface area (Å²) < 4.78 is 105. The number of halogens is 3. The van der Waals surface area contributed by atoms with Crippen molar-refractivity contribution in [3.63, 3.8) is 0 Å². The number of thiazole rings is 1. The van der Waals surface area contributed by atoms with E-state index >= 15 is 0 Å². The first-order chi connectivity index (χ1) is 31.2. The normalized spacial score (nSPS) is 13.6. The van der Waals surface area contributed by atoms with Crippen LogP contribution in [0.15, 0.2) is 112 Å². The molecule has 15 nitrogen and oxygen atoms in total. The van der Waals surface area contributed by atoms with Gasteiger partial charge in [-0.2, -0.15) is 13.2 Å². The number of amides is 2. The van der Waals surface area contributed by atoms with E-state index in [1.807, 2.05) is 0 Å². The maximum absolute atomic E-state index is 14.3. The van der Waals surface area contributed by atoms with Gasteiger partial charge in [0.1, 0.15) is 17.8 Å². The zero-order valence-corrected chi connectivity index (χ0v) is 38.8. The minimum absolute atomic E-state index is 0.000189. The van der Waals surface area contributed by atoms with Crippen LogP contribution < -0.4 is 30.5 Å². The van der Waals surface area contributed by atoms with Gasteiger partial charge in [-0.1, -0.05) is 78.9 Å². The number of aryl methyl sites for hydroxylation is 1. The summed E-state index contributed by atoms with van der Waals surface area (Å²) in [4.78, 5) is 50.5. The van der Waals surface area contributed by atoms with E-state index in [9.17, 15) is 44.4 Å². The summed E-state index contributed by atoms with van der Waals surface area (Å²) in [5.41, 5.74) is 7.47. The molecule has 0 bridgehead atoms. The maximum Gasteiger partial charge on any atom is 0.416 e. The molecule has 0 aliphatic rings. The van der Waals surface area contributed by atoms with Gasteiger partial charge in [0, 0.05) is 24.5 Å². The van der Waals surface area contributed by atoms with E-state index in [1.54, 1.807) is 92.9 Å². The highest BCUT2D eigenvalue weighted by Crippen LogP contribution is 2.31. The number of carbonyl (C=O) groups excluding carboxylic acids is 3. The molecule has 1 aromatic heterocycles. The van der Waals surface area contributed by atoms with E-state index in [0.717, 1.165) is 29.5 Å². The molecule has 21 heteroatoms. The van der Waals surface area contributed by atoms with Crippen LogP contribution in [0.3, 0.4) is 0 Å². The summed E-state index contributed by atoms with van der Waals surface area (Å²) in [5.74, 6) is -2.98. The number of ketones is 1. The highest BCUT2D eigenvalue weighted by molar-refractivity contribution is 7.90. The highest BCUT2D eigenvalue weighted by Gasteiger charge is 2.34. The fraction of sp³-hybridized carbons (Fsp3) is 0.311. The van der Waals surface area contributed by atoms with Gasteiger partial charge in [-0.15, -0.1) is 11.3 Å². The first kappa shape index (κ1) is 50.8. The minimum Gasteiger partial charge on any atom is -0.496 e. The summed E-state index contributed by atoms with van der Waals surface area (Å²) in [7, 11) is -6.92. The Morgan fingerprint density at radius 2 is 1.41 bits per heavy atom. The molecule has 0 aliphatic carbocycles. The van der Waals surface area contributed by atoms with E-state index in [-0.39, 0.29) is 41.3 Å². The fourth-order valence-corrected chi connectivity index (χ4v) is 10.5. The molecule has 352 valence electrons. The van der Waals surface area contributed by atoms with Crippen molar-refractivity contribution in [3.05, 3.63) is 147 Å². The molecule has 0 radical (unpaired) electrons. The lowest BCUT2D eigenvalue weighted by atomic mass is 10.00. The number of nitrogens with two attached hydrogens (primary N) is 1. The number of hydrogen-bond acceptors (Lipinski definition) is 11. The molecule has 4 aromatic carbocycles. The molecule has 1 heterocycles. The monoisotopic (exact) mass is 969 g/mol. The lowest BCUT2D eigenvalue weighted by Crippen LogP contribution is -2.57. The Morgan fingerprint density at radius 1 is 0.803 bits per heavy atom. The number of Topliss-reactive ketones (excluding diaryl/α,β-unsaturated/α-hetero) is 1. The number of hydrogen-bond donors (Lipinski definition) is 5. The van der Waals surface area contributed by atoms with Gasteiger partial charge in [-0.05, 0) is 85.5 Å². The van der Waals surface area contributed by atoms with Crippen LogP contribution in [0, 0.1) is 20.8 Å². The van der Waals surface area contributed by atoms with Gasteiger partial charge < -0.3 is 21.1 Å². The van der Waals surface area contributed by atoms with E-state index in [1.165, 1.54) is 19.4 Å². The summed E-state index contributed by atoms with van der Waals surface area (Å²) in [6.45, 7) is 4.83. The van der Waals surface area contributed by atoms with E-state index in [0.29, 0.717) is 33.6 Å². The summed E-state index contributed by atoms with van der Waals surface area (Å²) in [6, 6.07) is 17.9. The van der Waals surface area contributed by atoms with Crippen LogP contribution in [-0.2, 0) is 54.4 Å². The highest BCUT2D eigenvalue weighted by atomic mass is 32.2. The number of rotatable bonds is 21. The molecule has 2 amide bonds. The van der Waals surface area contributed by atoms with Crippen molar-refractivity contribution in [2.24, 2.45) is 10.7 Å². The Hall–Kier alpha value is -6.16. The topological polar surface area (TPSA) is 228 Å². The van der Waals surface area contributed by atoms with Crippen molar-refractivity contribution in [1.82, 2.24) is 25.1 Å². The van der Waals surface area contributed by atoms with Crippen LogP contribution in [0.5, 0.6) is 5.75 Å². The maximum atomic E-state index is 14.3. The van der Waals surface area contributed by atoms with Crippen molar-refractivity contribution in [2.75, 3.05) is 13.7 Å². The smallest absolute Gasteiger partial charge is 0.416 e. The molecule has 3 atom stereocenters. The number of aliphatic imine (C=N–C) groups is 1. The van der Waals surface area contributed by atoms with E-state index in [4.69, 9.17) is 10.5 Å². The molecule has 0 fully saturated rings. The third-order valence-electron chi connectivity index (χ3n) is 10.4. The van der Waals surface area contributed by atoms with Crippen molar-refractivity contribution < 1.29 is 49.1 Å². The van der Waals surface area contributed by atoms with Gasteiger partial charge in [0.25, 0.3) is 10.0 Å². The van der Waals surface area contributed by atoms with Gasteiger partial charge in [0.15, 0.2) is 5.01 Å². The van der Waals surface area contributed by atoms with Gasteiger partial charge in [0.05, 0.1) is 29.4 Å². The predicted octanol–water partition coefficient (Wildman–Crippen LogP) is 5.30. The first-order valence-electron chi connectivity index (χ1n) is 20.4. The number of aromatic nitrogens is 1. The third kappa shape index (κ3) is 14.2. The van der Waals surface area contributed by atoms with Gasteiger partial charge in [0.2, 0.25) is 33.6 Å². The molecule has 0 saturated heterocycles. The Bertz CT molecular complexity index is 2740. The van der Waals surface area contributed by atoms with Gasteiger partial charge in [-0.25, -0.2) is 31.3 Å². The number of methoxy groups -OCH3 is 1. The van der Waals surface area contributed by atoms with Crippen molar-refractivity contribution in [2.45, 2.75) is 81.4 Å². The molecule has 0 unspecified atom stereocenters. The van der Waals surface area contributed by atoms with Gasteiger partial charge in [-0.3, -0.25) is 19.4 Å². The van der Waals surface area contributed by atoms with Crippen molar-refractivity contribution >= 4 is 54.9 Å². The van der Waals surface area contributed by atoms with Crippen LogP contribution in [-0.4, -0.2) is 77.2 Å². The van der Waals surface area contributed by atoms with E-state index in [2.05, 4.69) is 30.1 Å². The second kappa shape index (κ2) is 22.4. The third-order valence-corrected chi connectivity index (χ3v) is 14.2. The zero-order chi connectivity index (χ0) is 48.2. The lowest BCUT2D eigenvalue weighted by molar-refractivity contribution is -0.137. The quantitative estimate of drug-likeness (QED) is 0.0276. The standard InChI is InChI=1S/C45H50F3N7O8S3/c1-28-23-38(63-4)29(2)30(3)40(28)66(61,62)55-44(49)51-20-12-19-35(39(56)43-50-21-22-64-43)52-41(57)36(26-33-17-11-18-34(24-33)45(46,47)48)53-42(58)37(25-31-13-7-5-8-14-31)54-65(59,60)27-32-15-9-6-10-16-32/h5-11,13-18,21-24,35-37,54H,12,19-20,25-27H2,1-4H3,(H,52,57)(H,53,58)(H3,49,51,55)/t35-,36-,37+/m0/s1. The zero-order valence-electron chi connectivity index (χ0n) is 36.4. The Balaban J connectivity index is 1.40. The summed E-state index contributed by atoms with van der Waals surface area (Å²) in [5, 5.41) is 6.73. The molecular weight excluding hydrogens is 920 g/mol. The second-order valence-corrected chi connectivity index (χ2v) is 19.6. The number of guanidine groups is 1. The van der Waals surface area contributed by atoms with Crippen molar-refractivity contribution in [1.29, 1.82) is 0 Å². The summed E-state index contributed by atoms with van der Waals surface area (Å²) >= 11 is 0.991. The minimum atomic E-state index is -4.74. The number of ether oxygens (including phenoxy) is 1. The first-order valence-corrected chi connectivity index (χ1v) is 24.4. The SMILES string of the molecule is COc1cc(C)c(S(=O)(=O)NC(N)=NCCC[C@H](NC(=O)[C@H](Cc2cccc(C(F)(F)F)c2)NC(=O)[C@@H](Cc2ccccc2)NS(=O)(=O)Cc2ccccc2)C(=O)c2nccs2)c(C)c1C. The molecule has 0 saturated carbocycles. The van der Waals surface area contributed by atoms with Crippen molar-refractivity contribution in [3.8, 4) is 5.75 Å². The Morgan fingerprint density at radius 3 is 2.03 bits per heavy atom. The average molecular weight is 970 g/mol. The lowest BCUT2D eigenvalue weighted by Gasteiger charge is -2.25. The number of benzene rings is 4. The number of sulfonamides is 2. The Kier molecular flexibility index (Phi) is 17.2. The largest absolute Gasteiger partial charge is 0.496 e. The molecular formula is C45H50F3N7O8S3. The predicted molar refractivity (Wildman–Crippen MR) is 245 cm³/mol. The number of nitrogens with zero attached hydrogens (tertiary/aromatic N) is 2. The number of alkyl halides is 3. The van der Waals surface area contributed by atoms with Crippen LogP contribution in [0.4, 0.5) is 13.2 Å². The molecule has 6 N–H and O–H groups in total. The molecule has 0 spiro atoms. The number of nitrogens with one attached hydrogen (secondary N) is 4.